The molecule has 1 aromatic heterocycles. The molecule has 0 unspecified atom stereocenters. The van der Waals surface area contributed by atoms with Crippen molar-refractivity contribution in [1.82, 2.24) is 19.7 Å². The summed E-state index contributed by atoms with van der Waals surface area (Å²) in [6.07, 6.45) is 1.78. The Labute approximate surface area is 135 Å². The zero-order valence-corrected chi connectivity index (χ0v) is 14.1. The number of nitrogens with two attached hydrogens (primary N) is 1. The topological polar surface area (TPSA) is 74.9 Å². The van der Waals surface area contributed by atoms with Gasteiger partial charge in [-0.05, 0) is 7.05 Å². The third-order valence-electron chi connectivity index (χ3n) is 3.86. The lowest BCUT2D eigenvalue weighted by atomic mass is 10.3. The summed E-state index contributed by atoms with van der Waals surface area (Å²) in [6, 6.07) is 0. The maximum atomic E-state index is 11.6. The molecular weight excluding hydrogens is 302 g/mol. The number of carbonyl (C=O) groups excluding carboxylic acids is 1. The van der Waals surface area contributed by atoms with E-state index in [0.29, 0.717) is 18.2 Å². The normalized spacial score (nSPS) is 17.0. The van der Waals surface area contributed by atoms with Gasteiger partial charge in [0.2, 0.25) is 0 Å². The van der Waals surface area contributed by atoms with Gasteiger partial charge in [0.15, 0.2) is 5.13 Å². The van der Waals surface area contributed by atoms with E-state index in [4.69, 9.17) is 10.5 Å². The molecule has 2 N–H and O–H groups in total. The maximum absolute atomic E-state index is 11.6. The van der Waals surface area contributed by atoms with E-state index in [-0.39, 0.29) is 5.97 Å². The highest BCUT2D eigenvalue weighted by atomic mass is 32.1. The minimum atomic E-state index is -0.212. The van der Waals surface area contributed by atoms with Crippen LogP contribution in [0.5, 0.6) is 0 Å². The molecule has 0 spiro atoms. The van der Waals surface area contributed by atoms with E-state index in [1.807, 2.05) is 0 Å². The molecule has 1 fully saturated rings. The second-order valence-electron chi connectivity index (χ2n) is 5.60. The van der Waals surface area contributed by atoms with Crippen LogP contribution in [0.3, 0.4) is 0 Å². The molecule has 0 amide bonds. The molecule has 0 atom stereocenters. The van der Waals surface area contributed by atoms with Gasteiger partial charge in [-0.3, -0.25) is 14.6 Å². The Morgan fingerprint density at radius 1 is 1.45 bits per heavy atom. The highest BCUT2D eigenvalue weighted by Crippen LogP contribution is 2.16. The second-order valence-corrected chi connectivity index (χ2v) is 6.74. The smallest absolute Gasteiger partial charge is 0.319 e. The Bertz CT molecular complexity index is 474. The standard InChI is InChI=1S/C14H25N5O2S/c1-17-3-5-18(6-4-17)7-8-19(11-13(20)21-2)10-12-9-16-14(15)22-12/h9H,3-8,10-11H2,1-2H3,(H2,15,16). The predicted molar refractivity (Wildman–Crippen MR) is 87.8 cm³/mol. The van der Waals surface area contributed by atoms with Crippen molar-refractivity contribution in [2.24, 2.45) is 0 Å². The van der Waals surface area contributed by atoms with Gasteiger partial charge < -0.3 is 15.4 Å². The molecule has 1 aromatic rings. The molecule has 8 heteroatoms. The first-order valence-electron chi connectivity index (χ1n) is 7.47. The van der Waals surface area contributed by atoms with Crippen molar-refractivity contribution in [3.63, 3.8) is 0 Å². The Morgan fingerprint density at radius 3 is 2.77 bits per heavy atom. The van der Waals surface area contributed by atoms with Crippen molar-refractivity contribution in [2.45, 2.75) is 6.54 Å². The summed E-state index contributed by atoms with van der Waals surface area (Å²) >= 11 is 1.47. The number of thiazole rings is 1. The van der Waals surface area contributed by atoms with Gasteiger partial charge in [0.1, 0.15) is 0 Å². The van der Waals surface area contributed by atoms with E-state index in [1.54, 1.807) is 6.20 Å². The molecule has 7 nitrogen and oxygen atoms in total. The summed E-state index contributed by atoms with van der Waals surface area (Å²) in [5.41, 5.74) is 5.67. The minimum Gasteiger partial charge on any atom is -0.468 e. The van der Waals surface area contributed by atoms with Gasteiger partial charge in [0, 0.05) is 56.9 Å². The van der Waals surface area contributed by atoms with Crippen molar-refractivity contribution < 1.29 is 9.53 Å². The highest BCUT2D eigenvalue weighted by molar-refractivity contribution is 7.15. The number of hydrogen-bond acceptors (Lipinski definition) is 8. The van der Waals surface area contributed by atoms with Gasteiger partial charge in [0.05, 0.1) is 13.7 Å². The Balaban J connectivity index is 1.85. The zero-order valence-electron chi connectivity index (χ0n) is 13.3. The second kappa shape index (κ2) is 8.42. The lowest BCUT2D eigenvalue weighted by Crippen LogP contribution is -2.47. The van der Waals surface area contributed by atoms with E-state index in [1.165, 1.54) is 18.4 Å². The van der Waals surface area contributed by atoms with E-state index in [0.717, 1.165) is 44.1 Å². The van der Waals surface area contributed by atoms with Crippen LogP contribution in [0.1, 0.15) is 4.88 Å². The molecular formula is C14H25N5O2S. The zero-order chi connectivity index (χ0) is 15.9. The molecule has 0 saturated carbocycles. The summed E-state index contributed by atoms with van der Waals surface area (Å²) in [5.74, 6) is -0.212. The van der Waals surface area contributed by atoms with Gasteiger partial charge in [-0.15, -0.1) is 11.3 Å². The number of esters is 1. The van der Waals surface area contributed by atoms with E-state index in [2.05, 4.69) is 26.7 Å². The Kier molecular flexibility index (Phi) is 6.56. The molecule has 2 heterocycles. The molecule has 1 aliphatic heterocycles. The SMILES string of the molecule is COC(=O)CN(CCN1CCN(C)CC1)Cc1cnc(N)s1. The largest absolute Gasteiger partial charge is 0.468 e. The summed E-state index contributed by atoms with van der Waals surface area (Å²) in [6.45, 7) is 7.12. The number of aromatic nitrogens is 1. The van der Waals surface area contributed by atoms with Crippen LogP contribution in [-0.4, -0.2) is 85.6 Å². The van der Waals surface area contributed by atoms with Crippen molar-refractivity contribution in [2.75, 3.05) is 65.7 Å². The van der Waals surface area contributed by atoms with Gasteiger partial charge in [-0.25, -0.2) is 4.98 Å². The molecule has 124 valence electrons. The lowest BCUT2D eigenvalue weighted by Gasteiger charge is -2.33. The lowest BCUT2D eigenvalue weighted by molar-refractivity contribution is -0.142. The number of hydrogen-bond donors (Lipinski definition) is 1. The Hall–Kier alpha value is -1.22. The van der Waals surface area contributed by atoms with Crippen LogP contribution in [-0.2, 0) is 16.1 Å². The quantitative estimate of drug-likeness (QED) is 0.704. The van der Waals surface area contributed by atoms with Gasteiger partial charge in [0.25, 0.3) is 0 Å². The molecule has 22 heavy (non-hydrogen) atoms. The van der Waals surface area contributed by atoms with Gasteiger partial charge >= 0.3 is 5.97 Å². The summed E-state index contributed by atoms with van der Waals surface area (Å²) < 4.78 is 4.79. The van der Waals surface area contributed by atoms with Crippen LogP contribution in [0.15, 0.2) is 6.20 Å². The summed E-state index contributed by atoms with van der Waals surface area (Å²) in [5, 5.41) is 0.562. The Morgan fingerprint density at radius 2 is 2.18 bits per heavy atom. The number of rotatable bonds is 7. The van der Waals surface area contributed by atoms with Gasteiger partial charge in [-0.1, -0.05) is 0 Å². The molecule has 0 bridgehead atoms. The minimum absolute atomic E-state index is 0.212. The third-order valence-corrected chi connectivity index (χ3v) is 4.67. The van der Waals surface area contributed by atoms with E-state index >= 15 is 0 Å². The van der Waals surface area contributed by atoms with E-state index in [9.17, 15) is 4.79 Å². The van der Waals surface area contributed by atoms with Crippen molar-refractivity contribution in [3.05, 3.63) is 11.1 Å². The van der Waals surface area contributed by atoms with Crippen LogP contribution < -0.4 is 5.73 Å². The third kappa shape index (κ3) is 5.53. The molecule has 0 aromatic carbocycles. The van der Waals surface area contributed by atoms with Crippen molar-refractivity contribution >= 4 is 22.4 Å². The van der Waals surface area contributed by atoms with Crippen LogP contribution in [0.4, 0.5) is 5.13 Å². The molecule has 1 saturated heterocycles. The highest BCUT2D eigenvalue weighted by Gasteiger charge is 2.17. The average Bonchev–Trinajstić information content (AvgIpc) is 2.91. The van der Waals surface area contributed by atoms with Crippen LogP contribution in [0.25, 0.3) is 0 Å². The average molecular weight is 327 g/mol. The predicted octanol–water partition coefficient (Wildman–Crippen LogP) is -0.0523. The first-order chi connectivity index (χ1) is 10.6. The van der Waals surface area contributed by atoms with Crippen LogP contribution >= 0.6 is 11.3 Å². The van der Waals surface area contributed by atoms with E-state index < -0.39 is 0 Å². The van der Waals surface area contributed by atoms with Crippen LogP contribution in [0.2, 0.25) is 0 Å². The molecule has 0 aliphatic carbocycles. The fourth-order valence-corrected chi connectivity index (χ4v) is 3.16. The monoisotopic (exact) mass is 327 g/mol. The number of nitrogen functional groups attached to an aromatic ring is 1. The number of carbonyl (C=O) groups is 1. The molecule has 2 rings (SSSR count). The van der Waals surface area contributed by atoms with Crippen molar-refractivity contribution in [1.29, 1.82) is 0 Å². The number of likely N-dealkylation sites (N-methyl/N-ethyl adjacent to an activating group) is 1. The summed E-state index contributed by atoms with van der Waals surface area (Å²) in [4.78, 5) is 23.6. The number of ether oxygens (including phenoxy) is 1. The summed E-state index contributed by atoms with van der Waals surface area (Å²) in [7, 11) is 3.57. The first kappa shape index (κ1) is 17.1. The molecule has 1 aliphatic rings. The fraction of sp³-hybridized carbons (Fsp3) is 0.714. The van der Waals surface area contributed by atoms with Gasteiger partial charge in [-0.2, -0.15) is 0 Å². The number of methoxy groups -OCH3 is 1. The van der Waals surface area contributed by atoms with Crippen molar-refractivity contribution in [3.8, 4) is 0 Å². The number of anilines is 1. The number of piperazine rings is 1. The first-order valence-corrected chi connectivity index (χ1v) is 8.28. The number of nitrogens with zero attached hydrogens (tertiary/aromatic N) is 4. The fourth-order valence-electron chi connectivity index (χ4n) is 2.43. The maximum Gasteiger partial charge on any atom is 0.319 e. The molecule has 0 radical (unpaired) electrons. The van der Waals surface area contributed by atoms with Crippen LogP contribution in [0, 0.1) is 0 Å².